The molecule has 0 bridgehead atoms. The van der Waals surface area contributed by atoms with Crippen molar-refractivity contribution in [2.24, 2.45) is 0 Å². The van der Waals surface area contributed by atoms with Crippen molar-refractivity contribution in [2.75, 3.05) is 7.11 Å². The van der Waals surface area contributed by atoms with Crippen molar-refractivity contribution in [3.05, 3.63) is 54.1 Å². The Morgan fingerprint density at radius 1 is 1.06 bits per heavy atom. The average Bonchev–Trinajstić information content (AvgIpc) is 2.40. The van der Waals surface area contributed by atoms with E-state index >= 15 is 0 Å². The first kappa shape index (κ1) is 11.6. The highest BCUT2D eigenvalue weighted by Crippen LogP contribution is 2.30. The van der Waals surface area contributed by atoms with E-state index < -0.39 is 0 Å². The largest absolute Gasteiger partial charge is 0.497 e. The first-order valence-electron chi connectivity index (χ1n) is 5.14. The maximum Gasteiger partial charge on any atom is 0.118 e. The summed E-state index contributed by atoms with van der Waals surface area (Å²) in [6, 6.07) is 17.6. The van der Waals surface area contributed by atoms with Gasteiger partial charge in [-0.2, -0.15) is 5.26 Å². The standard InChI is InChI=1S/C14H11NOS/c1-16-12-6-8-13(9-7-12)17-14-5-3-2-4-11(14)10-15/h2-9H,1H3. The van der Waals surface area contributed by atoms with Crippen molar-refractivity contribution in [1.29, 1.82) is 5.26 Å². The van der Waals surface area contributed by atoms with Gasteiger partial charge in [-0.25, -0.2) is 0 Å². The zero-order chi connectivity index (χ0) is 12.1. The Morgan fingerprint density at radius 3 is 2.41 bits per heavy atom. The minimum absolute atomic E-state index is 0.702. The summed E-state index contributed by atoms with van der Waals surface area (Å²) < 4.78 is 5.10. The number of hydrogen-bond donors (Lipinski definition) is 0. The second-order valence-corrected chi connectivity index (χ2v) is 4.50. The van der Waals surface area contributed by atoms with Crippen LogP contribution in [-0.4, -0.2) is 7.11 Å². The number of methoxy groups -OCH3 is 1. The quantitative estimate of drug-likeness (QED) is 0.821. The number of rotatable bonds is 3. The Hall–Kier alpha value is -1.92. The predicted octanol–water partition coefficient (Wildman–Crippen LogP) is 3.72. The minimum Gasteiger partial charge on any atom is -0.497 e. The molecule has 0 N–H and O–H groups in total. The van der Waals surface area contributed by atoms with Crippen LogP contribution >= 0.6 is 11.8 Å². The van der Waals surface area contributed by atoms with Gasteiger partial charge in [-0.1, -0.05) is 23.9 Å². The molecular weight excluding hydrogens is 230 g/mol. The van der Waals surface area contributed by atoms with Crippen molar-refractivity contribution in [3.8, 4) is 11.8 Å². The van der Waals surface area contributed by atoms with Crippen LogP contribution in [0.15, 0.2) is 58.3 Å². The van der Waals surface area contributed by atoms with E-state index in [1.54, 1.807) is 18.9 Å². The number of hydrogen-bond acceptors (Lipinski definition) is 3. The van der Waals surface area contributed by atoms with Crippen LogP contribution in [0.4, 0.5) is 0 Å². The molecular formula is C14H11NOS. The Labute approximate surface area is 105 Å². The van der Waals surface area contributed by atoms with Crippen molar-refractivity contribution in [3.63, 3.8) is 0 Å². The van der Waals surface area contributed by atoms with E-state index in [0.717, 1.165) is 15.5 Å². The molecule has 17 heavy (non-hydrogen) atoms. The van der Waals surface area contributed by atoms with Crippen LogP contribution < -0.4 is 4.74 Å². The molecule has 0 aliphatic carbocycles. The maximum absolute atomic E-state index is 9.00. The third-order valence-electron chi connectivity index (χ3n) is 2.29. The predicted molar refractivity (Wildman–Crippen MR) is 68.3 cm³/mol. The van der Waals surface area contributed by atoms with Gasteiger partial charge in [-0.05, 0) is 36.4 Å². The number of benzene rings is 2. The summed E-state index contributed by atoms with van der Waals surface area (Å²) in [5, 5.41) is 9.00. The Morgan fingerprint density at radius 2 is 1.76 bits per heavy atom. The first-order chi connectivity index (χ1) is 8.33. The number of nitrogens with zero attached hydrogens (tertiary/aromatic N) is 1. The van der Waals surface area contributed by atoms with Gasteiger partial charge >= 0.3 is 0 Å². The third-order valence-corrected chi connectivity index (χ3v) is 3.38. The summed E-state index contributed by atoms with van der Waals surface area (Å²) >= 11 is 1.58. The molecule has 2 aromatic carbocycles. The lowest BCUT2D eigenvalue weighted by molar-refractivity contribution is 0.414. The highest BCUT2D eigenvalue weighted by atomic mass is 32.2. The molecule has 0 aliphatic rings. The van der Waals surface area contributed by atoms with Crippen LogP contribution in [0.1, 0.15) is 5.56 Å². The van der Waals surface area contributed by atoms with E-state index in [2.05, 4.69) is 6.07 Å². The molecule has 0 saturated heterocycles. The van der Waals surface area contributed by atoms with E-state index in [0.29, 0.717) is 5.56 Å². The van der Waals surface area contributed by atoms with Crippen LogP contribution in [0.5, 0.6) is 5.75 Å². The topological polar surface area (TPSA) is 33.0 Å². The lowest BCUT2D eigenvalue weighted by atomic mass is 10.2. The normalized spacial score (nSPS) is 9.65. The third kappa shape index (κ3) is 2.80. The van der Waals surface area contributed by atoms with Gasteiger partial charge in [0, 0.05) is 9.79 Å². The first-order valence-corrected chi connectivity index (χ1v) is 5.96. The lowest BCUT2D eigenvalue weighted by Crippen LogP contribution is -1.82. The zero-order valence-corrected chi connectivity index (χ0v) is 10.2. The van der Waals surface area contributed by atoms with E-state index in [-0.39, 0.29) is 0 Å². The SMILES string of the molecule is COc1ccc(Sc2ccccc2C#N)cc1. The lowest BCUT2D eigenvalue weighted by Gasteiger charge is -2.04. The summed E-state index contributed by atoms with van der Waals surface area (Å²) in [6.45, 7) is 0. The highest BCUT2D eigenvalue weighted by Gasteiger charge is 2.03. The summed E-state index contributed by atoms with van der Waals surface area (Å²) in [5.74, 6) is 0.836. The second-order valence-electron chi connectivity index (χ2n) is 3.39. The fourth-order valence-electron chi connectivity index (χ4n) is 1.42. The highest BCUT2D eigenvalue weighted by molar-refractivity contribution is 7.99. The van der Waals surface area contributed by atoms with Gasteiger partial charge in [-0.15, -0.1) is 0 Å². The summed E-state index contributed by atoms with van der Waals surface area (Å²) in [7, 11) is 1.65. The molecule has 0 unspecified atom stereocenters. The molecule has 2 nitrogen and oxygen atoms in total. The molecule has 0 spiro atoms. The minimum atomic E-state index is 0.702. The monoisotopic (exact) mass is 241 g/mol. The molecule has 0 radical (unpaired) electrons. The summed E-state index contributed by atoms with van der Waals surface area (Å²) in [4.78, 5) is 2.06. The number of ether oxygens (including phenoxy) is 1. The molecule has 0 amide bonds. The van der Waals surface area contributed by atoms with Gasteiger partial charge in [0.15, 0.2) is 0 Å². The van der Waals surface area contributed by atoms with Crippen LogP contribution in [0.25, 0.3) is 0 Å². The summed E-state index contributed by atoms with van der Waals surface area (Å²) in [5.41, 5.74) is 0.702. The van der Waals surface area contributed by atoms with E-state index in [9.17, 15) is 0 Å². The fourth-order valence-corrected chi connectivity index (χ4v) is 2.32. The molecule has 0 aromatic heterocycles. The molecule has 0 heterocycles. The molecule has 84 valence electrons. The van der Waals surface area contributed by atoms with Gasteiger partial charge < -0.3 is 4.74 Å². The van der Waals surface area contributed by atoms with Gasteiger partial charge in [0.05, 0.1) is 12.7 Å². The zero-order valence-electron chi connectivity index (χ0n) is 9.38. The molecule has 0 aliphatic heterocycles. The Bertz CT molecular complexity index is 543. The van der Waals surface area contributed by atoms with E-state index in [1.165, 1.54) is 0 Å². The van der Waals surface area contributed by atoms with Crippen molar-refractivity contribution < 1.29 is 4.74 Å². The van der Waals surface area contributed by atoms with Gasteiger partial charge in [0.2, 0.25) is 0 Å². The van der Waals surface area contributed by atoms with E-state index in [4.69, 9.17) is 10.00 Å². The van der Waals surface area contributed by atoms with Gasteiger partial charge in [0.25, 0.3) is 0 Å². The average molecular weight is 241 g/mol. The molecule has 0 fully saturated rings. The second kappa shape index (κ2) is 5.42. The maximum atomic E-state index is 9.00. The van der Waals surface area contributed by atoms with Crippen molar-refractivity contribution >= 4 is 11.8 Å². The Kier molecular flexibility index (Phi) is 3.69. The molecule has 2 rings (SSSR count). The van der Waals surface area contributed by atoms with Crippen LogP contribution in [-0.2, 0) is 0 Å². The van der Waals surface area contributed by atoms with Crippen molar-refractivity contribution in [2.45, 2.75) is 9.79 Å². The molecule has 3 heteroatoms. The van der Waals surface area contributed by atoms with Crippen molar-refractivity contribution in [1.82, 2.24) is 0 Å². The van der Waals surface area contributed by atoms with Crippen LogP contribution in [0.2, 0.25) is 0 Å². The molecule has 2 aromatic rings. The Balaban J connectivity index is 2.23. The van der Waals surface area contributed by atoms with E-state index in [1.807, 2.05) is 48.5 Å². The smallest absolute Gasteiger partial charge is 0.118 e. The van der Waals surface area contributed by atoms with Crippen LogP contribution in [0.3, 0.4) is 0 Å². The van der Waals surface area contributed by atoms with Crippen LogP contribution in [0, 0.1) is 11.3 Å². The summed E-state index contributed by atoms with van der Waals surface area (Å²) in [6.07, 6.45) is 0. The molecule has 0 saturated carbocycles. The van der Waals surface area contributed by atoms with Gasteiger partial charge in [0.1, 0.15) is 11.8 Å². The molecule has 0 atom stereocenters. The fraction of sp³-hybridized carbons (Fsp3) is 0.0714. The number of nitriles is 1. The van der Waals surface area contributed by atoms with Gasteiger partial charge in [-0.3, -0.25) is 0 Å².